The van der Waals surface area contributed by atoms with E-state index in [9.17, 15) is 13.2 Å². The van der Waals surface area contributed by atoms with Gasteiger partial charge in [0.2, 0.25) is 15.0 Å². The van der Waals surface area contributed by atoms with Gasteiger partial charge in [-0.25, -0.2) is 8.42 Å². The maximum absolute atomic E-state index is 12.0. The highest BCUT2D eigenvalue weighted by Gasteiger charge is 2.40. The zero-order valence-electron chi connectivity index (χ0n) is 10.5. The van der Waals surface area contributed by atoms with Gasteiger partial charge in [0.15, 0.2) is 0 Å². The highest BCUT2D eigenvalue weighted by Crippen LogP contribution is 2.31. The molecule has 1 saturated heterocycles. The van der Waals surface area contributed by atoms with Gasteiger partial charge in [-0.3, -0.25) is 9.78 Å². The van der Waals surface area contributed by atoms with E-state index in [0.717, 1.165) is 5.56 Å². The molecule has 2 heterocycles. The number of aromatic nitrogens is 1. The van der Waals surface area contributed by atoms with E-state index in [2.05, 4.69) is 4.98 Å². The second kappa shape index (κ2) is 5.46. The Morgan fingerprint density at radius 3 is 2.79 bits per heavy atom. The van der Waals surface area contributed by atoms with Crippen LogP contribution in [-0.4, -0.2) is 36.0 Å². The Kier molecular flexibility index (Phi) is 4.10. The molecule has 0 N–H and O–H groups in total. The van der Waals surface area contributed by atoms with Crippen LogP contribution in [0.1, 0.15) is 31.4 Å². The predicted octanol–water partition coefficient (Wildman–Crippen LogP) is 1.70. The van der Waals surface area contributed by atoms with Crippen LogP contribution in [0.3, 0.4) is 0 Å². The molecule has 19 heavy (non-hydrogen) atoms. The zero-order chi connectivity index (χ0) is 14.0. The Hall–Kier alpha value is -1.14. The molecular formula is C12H15ClN2O3S. The minimum Gasteiger partial charge on any atom is -0.334 e. The van der Waals surface area contributed by atoms with E-state index >= 15 is 0 Å². The second-order valence-electron chi connectivity index (χ2n) is 4.56. The average Bonchev–Trinajstić information content (AvgIpc) is 2.74. The molecule has 0 aromatic carbocycles. The van der Waals surface area contributed by atoms with Crippen LogP contribution in [0.4, 0.5) is 0 Å². The van der Waals surface area contributed by atoms with Gasteiger partial charge in [-0.05, 0) is 18.1 Å². The van der Waals surface area contributed by atoms with Gasteiger partial charge in [-0.15, -0.1) is 0 Å². The van der Waals surface area contributed by atoms with Gasteiger partial charge in [-0.1, -0.05) is 13.0 Å². The molecule has 1 fully saturated rings. The van der Waals surface area contributed by atoms with E-state index in [1.165, 1.54) is 0 Å². The summed E-state index contributed by atoms with van der Waals surface area (Å²) in [6, 6.07) is 3.54. The fourth-order valence-corrected chi connectivity index (χ4v) is 3.43. The third-order valence-corrected chi connectivity index (χ3v) is 5.22. The van der Waals surface area contributed by atoms with E-state index in [0.29, 0.717) is 6.42 Å². The van der Waals surface area contributed by atoms with Crippen LogP contribution in [0.15, 0.2) is 24.5 Å². The minimum absolute atomic E-state index is 0.0391. The third kappa shape index (κ3) is 3.06. The zero-order valence-corrected chi connectivity index (χ0v) is 12.1. The third-order valence-electron chi connectivity index (χ3n) is 3.35. The van der Waals surface area contributed by atoms with Crippen LogP contribution in [0.25, 0.3) is 0 Å². The molecule has 0 spiro atoms. The smallest absolute Gasteiger partial charge is 0.237 e. The van der Waals surface area contributed by atoms with E-state index in [1.807, 2.05) is 13.0 Å². The molecule has 0 aliphatic carbocycles. The molecule has 2 unspecified atom stereocenters. The van der Waals surface area contributed by atoms with Crippen LogP contribution in [0, 0.1) is 0 Å². The molecule has 2 rings (SSSR count). The van der Waals surface area contributed by atoms with Crippen molar-refractivity contribution in [2.45, 2.75) is 31.1 Å². The Balaban J connectivity index is 2.24. The topological polar surface area (TPSA) is 67.3 Å². The quantitative estimate of drug-likeness (QED) is 0.794. The molecule has 2 atom stereocenters. The number of nitrogens with zero attached hydrogens (tertiary/aromatic N) is 2. The highest BCUT2D eigenvalue weighted by molar-refractivity contribution is 8.14. The second-order valence-corrected chi connectivity index (χ2v) is 7.47. The van der Waals surface area contributed by atoms with Crippen LogP contribution < -0.4 is 0 Å². The number of rotatable bonds is 4. The van der Waals surface area contributed by atoms with Crippen molar-refractivity contribution in [2.24, 2.45) is 0 Å². The molecule has 1 aliphatic heterocycles. The number of likely N-dealkylation sites (tertiary alicyclic amines) is 1. The summed E-state index contributed by atoms with van der Waals surface area (Å²) in [5, 5.41) is -0.813. The van der Waals surface area contributed by atoms with Crippen molar-refractivity contribution in [1.29, 1.82) is 0 Å². The number of pyridine rings is 1. The first-order chi connectivity index (χ1) is 8.93. The van der Waals surface area contributed by atoms with Crippen molar-refractivity contribution in [3.05, 3.63) is 30.1 Å². The van der Waals surface area contributed by atoms with Crippen molar-refractivity contribution in [3.63, 3.8) is 0 Å². The Labute approximate surface area is 117 Å². The number of amides is 1. The summed E-state index contributed by atoms with van der Waals surface area (Å²) in [4.78, 5) is 17.6. The molecule has 1 aromatic rings. The summed E-state index contributed by atoms with van der Waals surface area (Å²) in [6.45, 7) is 2.10. The fraction of sp³-hybridized carbons (Fsp3) is 0.500. The molecule has 0 bridgehead atoms. The summed E-state index contributed by atoms with van der Waals surface area (Å²) in [6.07, 6.45) is 4.02. The molecule has 0 saturated carbocycles. The summed E-state index contributed by atoms with van der Waals surface area (Å²) in [7, 11) is 1.65. The van der Waals surface area contributed by atoms with E-state index in [-0.39, 0.29) is 24.9 Å². The van der Waals surface area contributed by atoms with Crippen LogP contribution in [0.5, 0.6) is 0 Å². The first-order valence-electron chi connectivity index (χ1n) is 6.06. The number of hydrogen-bond acceptors (Lipinski definition) is 4. The van der Waals surface area contributed by atoms with Gasteiger partial charge >= 0.3 is 0 Å². The Bertz CT molecular complexity index is 562. The number of halogens is 1. The molecular weight excluding hydrogens is 288 g/mol. The first-order valence-corrected chi connectivity index (χ1v) is 8.43. The average molecular weight is 303 g/mol. The molecule has 1 aliphatic rings. The van der Waals surface area contributed by atoms with Crippen molar-refractivity contribution >= 4 is 25.6 Å². The predicted molar refractivity (Wildman–Crippen MR) is 72.2 cm³/mol. The van der Waals surface area contributed by atoms with Crippen molar-refractivity contribution < 1.29 is 13.2 Å². The Morgan fingerprint density at radius 2 is 2.32 bits per heavy atom. The SMILES string of the molecule is CCC(c1cccnc1)N1CC(S(=O)(=O)Cl)CC1=O. The van der Waals surface area contributed by atoms with Crippen LogP contribution in [-0.2, 0) is 13.8 Å². The maximum Gasteiger partial charge on any atom is 0.237 e. The van der Waals surface area contributed by atoms with Crippen molar-refractivity contribution in [1.82, 2.24) is 9.88 Å². The van der Waals surface area contributed by atoms with Gasteiger partial charge < -0.3 is 4.90 Å². The van der Waals surface area contributed by atoms with Gasteiger partial charge in [0, 0.05) is 36.0 Å². The van der Waals surface area contributed by atoms with Gasteiger partial charge in [0.05, 0.1) is 6.04 Å². The lowest BCUT2D eigenvalue weighted by atomic mass is 10.1. The highest BCUT2D eigenvalue weighted by atomic mass is 35.7. The molecule has 5 nitrogen and oxygen atoms in total. The lowest BCUT2D eigenvalue weighted by molar-refractivity contribution is -0.129. The minimum atomic E-state index is -3.70. The van der Waals surface area contributed by atoms with Gasteiger partial charge in [0.25, 0.3) is 0 Å². The van der Waals surface area contributed by atoms with E-state index in [1.54, 1.807) is 23.4 Å². The van der Waals surface area contributed by atoms with Gasteiger partial charge in [-0.2, -0.15) is 0 Å². The summed E-state index contributed by atoms with van der Waals surface area (Å²) < 4.78 is 22.7. The molecule has 104 valence electrons. The van der Waals surface area contributed by atoms with E-state index in [4.69, 9.17) is 10.7 Å². The molecule has 1 amide bonds. The summed E-state index contributed by atoms with van der Waals surface area (Å²) >= 11 is 0. The van der Waals surface area contributed by atoms with Gasteiger partial charge in [0.1, 0.15) is 5.25 Å². The summed E-state index contributed by atoms with van der Waals surface area (Å²) in [5.41, 5.74) is 0.908. The number of carbonyl (C=O) groups excluding carboxylic acids is 1. The van der Waals surface area contributed by atoms with E-state index < -0.39 is 14.3 Å². The van der Waals surface area contributed by atoms with Crippen LogP contribution >= 0.6 is 10.7 Å². The standard InChI is InChI=1S/C12H15ClN2O3S/c1-2-11(9-4-3-5-14-7-9)15-8-10(6-12(15)16)19(13,17)18/h3-5,7,10-11H,2,6,8H2,1H3. The summed E-state index contributed by atoms with van der Waals surface area (Å²) in [5.74, 6) is -0.176. The monoisotopic (exact) mass is 302 g/mol. The number of hydrogen-bond donors (Lipinski definition) is 0. The fourth-order valence-electron chi connectivity index (χ4n) is 2.40. The normalized spacial score (nSPS) is 21.7. The first kappa shape index (κ1) is 14.3. The molecule has 0 radical (unpaired) electrons. The van der Waals surface area contributed by atoms with Crippen LogP contribution in [0.2, 0.25) is 0 Å². The maximum atomic E-state index is 12.0. The lowest BCUT2D eigenvalue weighted by Gasteiger charge is -2.27. The molecule has 1 aromatic heterocycles. The number of carbonyl (C=O) groups is 1. The largest absolute Gasteiger partial charge is 0.334 e. The lowest BCUT2D eigenvalue weighted by Crippen LogP contribution is -2.31. The Morgan fingerprint density at radius 1 is 1.58 bits per heavy atom. The van der Waals surface area contributed by atoms with Crippen molar-refractivity contribution in [2.75, 3.05) is 6.54 Å². The van der Waals surface area contributed by atoms with Crippen molar-refractivity contribution in [3.8, 4) is 0 Å². The molecule has 7 heteroatoms.